The van der Waals surface area contributed by atoms with E-state index in [-0.39, 0.29) is 17.1 Å². The molecule has 0 bridgehead atoms. The van der Waals surface area contributed by atoms with Gasteiger partial charge in [-0.05, 0) is 35.0 Å². The molecule has 2 nitrogen and oxygen atoms in total. The molecule has 0 N–H and O–H groups in total. The summed E-state index contributed by atoms with van der Waals surface area (Å²) in [6.07, 6.45) is 0. The first-order valence-electron chi connectivity index (χ1n) is 3.86. The van der Waals surface area contributed by atoms with Crippen molar-refractivity contribution in [1.82, 2.24) is 0 Å². The molecule has 0 aromatic heterocycles. The van der Waals surface area contributed by atoms with Gasteiger partial charge in [-0.1, -0.05) is 15.9 Å². The third-order valence-corrected chi connectivity index (χ3v) is 2.64. The number of alkyl halides is 2. The van der Waals surface area contributed by atoms with Crippen molar-refractivity contribution in [2.75, 3.05) is 0 Å². The van der Waals surface area contributed by atoms with Gasteiger partial charge in [0.15, 0.2) is 11.5 Å². The zero-order valence-corrected chi connectivity index (χ0v) is 10.7. The number of hydrogen-bond acceptors (Lipinski definition) is 2. The first-order chi connectivity index (χ1) is 6.91. The van der Waals surface area contributed by atoms with Gasteiger partial charge in [-0.2, -0.15) is 8.78 Å². The minimum Gasteiger partial charge on any atom is -0.433 e. The number of ether oxygens (including phenoxy) is 1. The summed E-state index contributed by atoms with van der Waals surface area (Å²) < 4.78 is 29.3. The molecule has 82 valence electrons. The molecule has 0 saturated heterocycles. The van der Waals surface area contributed by atoms with Crippen LogP contribution in [-0.2, 0) is 0 Å². The molecule has 0 fully saturated rings. The highest BCUT2D eigenvalue weighted by molar-refractivity contribution is 9.11. The van der Waals surface area contributed by atoms with Crippen molar-refractivity contribution in [3.05, 3.63) is 26.6 Å². The maximum atomic E-state index is 12.1. The second kappa shape index (κ2) is 5.03. The maximum Gasteiger partial charge on any atom is 0.387 e. The van der Waals surface area contributed by atoms with Gasteiger partial charge in [0.25, 0.3) is 0 Å². The van der Waals surface area contributed by atoms with Crippen molar-refractivity contribution < 1.29 is 18.3 Å². The summed E-state index contributed by atoms with van der Waals surface area (Å²) in [6, 6.07) is 2.97. The van der Waals surface area contributed by atoms with E-state index in [2.05, 4.69) is 36.6 Å². The van der Waals surface area contributed by atoms with E-state index >= 15 is 0 Å². The van der Waals surface area contributed by atoms with E-state index in [1.165, 1.54) is 19.1 Å². The molecule has 1 rings (SSSR count). The highest BCUT2D eigenvalue weighted by atomic mass is 79.9. The van der Waals surface area contributed by atoms with Crippen LogP contribution in [0.3, 0.4) is 0 Å². The van der Waals surface area contributed by atoms with Crippen LogP contribution in [0.5, 0.6) is 5.75 Å². The summed E-state index contributed by atoms with van der Waals surface area (Å²) in [4.78, 5) is 11.2. The molecule has 0 heterocycles. The Morgan fingerprint density at radius 2 is 2.00 bits per heavy atom. The molecule has 0 atom stereocenters. The van der Waals surface area contributed by atoms with Gasteiger partial charge in [0, 0.05) is 4.47 Å². The fourth-order valence-electron chi connectivity index (χ4n) is 1.03. The zero-order valence-electron chi connectivity index (χ0n) is 7.56. The minimum atomic E-state index is -2.96. The molecule has 15 heavy (non-hydrogen) atoms. The second-order valence-corrected chi connectivity index (χ2v) is 4.47. The molecule has 0 spiro atoms. The fourth-order valence-corrected chi connectivity index (χ4v) is 2.35. The number of carbonyl (C=O) groups excluding carboxylic acids is 1. The molecule has 6 heteroatoms. The van der Waals surface area contributed by atoms with E-state index in [1.54, 1.807) is 0 Å². The molecule has 1 aromatic rings. The Morgan fingerprint density at radius 1 is 1.40 bits per heavy atom. The van der Waals surface area contributed by atoms with E-state index in [0.717, 1.165) is 0 Å². The number of carbonyl (C=O) groups is 1. The predicted molar refractivity (Wildman–Crippen MR) is 58.5 cm³/mol. The van der Waals surface area contributed by atoms with Crippen molar-refractivity contribution in [2.45, 2.75) is 13.5 Å². The Hall–Kier alpha value is -0.490. The van der Waals surface area contributed by atoms with Crippen LogP contribution >= 0.6 is 31.9 Å². The van der Waals surface area contributed by atoms with E-state index < -0.39 is 6.61 Å². The Bertz CT molecular complexity index is 394. The summed E-state index contributed by atoms with van der Waals surface area (Å²) >= 11 is 6.21. The fraction of sp³-hybridized carbons (Fsp3) is 0.222. The Balaban J connectivity index is 3.27. The topological polar surface area (TPSA) is 26.3 Å². The van der Waals surface area contributed by atoms with Crippen LogP contribution in [0.25, 0.3) is 0 Å². The molecule has 0 amide bonds. The van der Waals surface area contributed by atoms with E-state index in [9.17, 15) is 13.6 Å². The number of halogens is 4. The van der Waals surface area contributed by atoms with E-state index in [1.807, 2.05) is 0 Å². The average molecular weight is 344 g/mol. The minimum absolute atomic E-state index is 0.108. The Kier molecular flexibility index (Phi) is 4.21. The molecular formula is C9H6Br2F2O2. The van der Waals surface area contributed by atoms with Gasteiger partial charge in [-0.25, -0.2) is 0 Å². The molecule has 0 aliphatic carbocycles. The first kappa shape index (κ1) is 12.6. The lowest BCUT2D eigenvalue weighted by Gasteiger charge is -2.11. The lowest BCUT2D eigenvalue weighted by atomic mass is 10.1. The number of Topliss-reactive ketones (excluding diaryl/α,β-unsaturated/α-hetero) is 1. The zero-order chi connectivity index (χ0) is 11.6. The van der Waals surface area contributed by atoms with Crippen molar-refractivity contribution in [2.24, 2.45) is 0 Å². The van der Waals surface area contributed by atoms with Gasteiger partial charge in [0.05, 0.1) is 10.0 Å². The van der Waals surface area contributed by atoms with Gasteiger partial charge >= 0.3 is 6.61 Å². The van der Waals surface area contributed by atoms with Crippen LogP contribution < -0.4 is 4.74 Å². The molecule has 0 unspecified atom stereocenters. The van der Waals surface area contributed by atoms with Crippen LogP contribution in [0.4, 0.5) is 8.78 Å². The van der Waals surface area contributed by atoms with Crippen LogP contribution in [-0.4, -0.2) is 12.4 Å². The molecule has 0 aliphatic heterocycles. The standard InChI is InChI=1S/C9H6Br2F2O2/c1-4(14)6-2-5(10)3-7(11)8(6)15-9(12)13/h2-3,9H,1H3. The molecule has 1 aromatic carbocycles. The Labute approximate surface area is 102 Å². The summed E-state index contributed by atoms with van der Waals surface area (Å²) in [6.45, 7) is -1.67. The van der Waals surface area contributed by atoms with Gasteiger partial charge < -0.3 is 4.74 Å². The summed E-state index contributed by atoms with van der Waals surface area (Å²) in [5, 5.41) is 0. The number of hydrogen-bond donors (Lipinski definition) is 0. The second-order valence-electron chi connectivity index (χ2n) is 2.70. The van der Waals surface area contributed by atoms with Crippen molar-refractivity contribution in [1.29, 1.82) is 0 Å². The quantitative estimate of drug-likeness (QED) is 0.775. The SMILES string of the molecule is CC(=O)c1cc(Br)cc(Br)c1OC(F)F. The lowest BCUT2D eigenvalue weighted by molar-refractivity contribution is -0.0506. The summed E-state index contributed by atoms with van der Waals surface area (Å²) in [7, 11) is 0. The van der Waals surface area contributed by atoms with Crippen LogP contribution in [0.1, 0.15) is 17.3 Å². The van der Waals surface area contributed by atoms with E-state index in [0.29, 0.717) is 8.95 Å². The highest BCUT2D eigenvalue weighted by Crippen LogP contribution is 2.34. The molecule has 0 aliphatic rings. The van der Waals surface area contributed by atoms with Crippen molar-refractivity contribution >= 4 is 37.6 Å². The molecular weight excluding hydrogens is 338 g/mol. The largest absolute Gasteiger partial charge is 0.433 e. The predicted octanol–water partition coefficient (Wildman–Crippen LogP) is 4.02. The highest BCUT2D eigenvalue weighted by Gasteiger charge is 2.17. The number of rotatable bonds is 3. The summed E-state index contributed by atoms with van der Waals surface area (Å²) in [5.74, 6) is -0.478. The van der Waals surface area contributed by atoms with Crippen molar-refractivity contribution in [3.8, 4) is 5.75 Å². The maximum absolute atomic E-state index is 12.1. The Morgan fingerprint density at radius 3 is 2.47 bits per heavy atom. The monoisotopic (exact) mass is 342 g/mol. The number of benzene rings is 1. The molecule has 0 saturated carbocycles. The smallest absolute Gasteiger partial charge is 0.387 e. The van der Waals surface area contributed by atoms with Gasteiger partial charge in [-0.3, -0.25) is 4.79 Å². The lowest BCUT2D eigenvalue weighted by Crippen LogP contribution is -2.07. The normalized spacial score (nSPS) is 10.5. The third kappa shape index (κ3) is 3.24. The average Bonchev–Trinajstić information content (AvgIpc) is 2.08. The van der Waals surface area contributed by atoms with Gasteiger partial charge in [0.2, 0.25) is 0 Å². The van der Waals surface area contributed by atoms with Gasteiger partial charge in [-0.15, -0.1) is 0 Å². The number of ketones is 1. The van der Waals surface area contributed by atoms with E-state index in [4.69, 9.17) is 0 Å². The van der Waals surface area contributed by atoms with Crippen LogP contribution in [0.15, 0.2) is 21.1 Å². The van der Waals surface area contributed by atoms with Crippen molar-refractivity contribution in [3.63, 3.8) is 0 Å². The van der Waals surface area contributed by atoms with Crippen LogP contribution in [0, 0.1) is 0 Å². The molecule has 0 radical (unpaired) electrons. The third-order valence-electron chi connectivity index (χ3n) is 1.59. The first-order valence-corrected chi connectivity index (χ1v) is 5.45. The van der Waals surface area contributed by atoms with Crippen LogP contribution in [0.2, 0.25) is 0 Å². The summed E-state index contributed by atoms with van der Waals surface area (Å²) in [5.41, 5.74) is 0.108. The van der Waals surface area contributed by atoms with Gasteiger partial charge in [0.1, 0.15) is 0 Å².